The lowest BCUT2D eigenvalue weighted by atomic mass is 10.0. The highest BCUT2D eigenvalue weighted by atomic mass is 31.0. The fourth-order valence-electron chi connectivity index (χ4n) is 4.12. The zero-order chi connectivity index (χ0) is 24.1. The van der Waals surface area contributed by atoms with Crippen LogP contribution in [0.1, 0.15) is 11.1 Å². The first-order chi connectivity index (χ1) is 17.0. The van der Waals surface area contributed by atoms with E-state index in [2.05, 4.69) is 38.9 Å². The normalized spacial score (nSPS) is 11.5. The van der Waals surface area contributed by atoms with Crippen molar-refractivity contribution in [1.29, 1.82) is 0 Å². The van der Waals surface area contributed by atoms with Crippen molar-refractivity contribution in [3.05, 3.63) is 83.9 Å². The lowest BCUT2D eigenvalue weighted by molar-refractivity contribution is 0.456. The van der Waals surface area contributed by atoms with Gasteiger partial charge in [-0.1, -0.05) is 24.3 Å². The van der Waals surface area contributed by atoms with Crippen molar-refractivity contribution >= 4 is 51.2 Å². The third-order valence-corrected chi connectivity index (χ3v) is 6.43. The van der Waals surface area contributed by atoms with Gasteiger partial charge in [-0.3, -0.25) is 0 Å². The van der Waals surface area contributed by atoms with E-state index in [0.29, 0.717) is 22.5 Å². The first kappa shape index (κ1) is 21.7. The van der Waals surface area contributed by atoms with Crippen LogP contribution in [0.25, 0.3) is 33.4 Å². The molecule has 10 heteroatoms. The number of fused-ring (bicyclic) bond motifs is 2. The Labute approximate surface area is 204 Å². The highest BCUT2D eigenvalue weighted by Crippen LogP contribution is 2.32. The molecule has 0 aliphatic heterocycles. The molecule has 0 fully saturated rings. The monoisotopic (exact) mass is 498 g/mol. The van der Waals surface area contributed by atoms with E-state index in [1.54, 1.807) is 12.1 Å². The molecule has 2 unspecified atom stereocenters. The Morgan fingerprint density at radius 2 is 0.914 bits per heavy atom. The van der Waals surface area contributed by atoms with E-state index in [1.165, 1.54) is 9.59 Å². The van der Waals surface area contributed by atoms with E-state index < -0.39 is 0 Å². The minimum atomic E-state index is 0.0505. The van der Waals surface area contributed by atoms with Crippen LogP contribution in [-0.4, -0.2) is 40.2 Å². The maximum Gasteiger partial charge on any atom is 0.146 e. The summed E-state index contributed by atoms with van der Waals surface area (Å²) in [6.45, 7) is 0. The van der Waals surface area contributed by atoms with Crippen molar-refractivity contribution in [3.63, 3.8) is 0 Å². The number of phenols is 2. The van der Waals surface area contributed by atoms with Gasteiger partial charge in [-0.25, -0.2) is 0 Å². The molecule has 2 atom stereocenters. The standard InChI is InChI=1S/C25H20N6O2P2/c32-24-14(10-16(34)12-22(24)30-26-18-5-1-2-6-19(18)27-30)9-15-11-17(35)13-23(25(15)33)31-28-20-7-3-4-8-21(20)29-31/h1-8,10-13,32-33H,9,34-35H2. The first-order valence-corrected chi connectivity index (χ1v) is 12.0. The maximum absolute atomic E-state index is 11.2. The van der Waals surface area contributed by atoms with Gasteiger partial charge in [0.2, 0.25) is 0 Å². The van der Waals surface area contributed by atoms with E-state index in [1.807, 2.05) is 60.7 Å². The average Bonchev–Trinajstić information content (AvgIpc) is 3.47. The molecule has 0 saturated heterocycles. The molecule has 2 aromatic heterocycles. The number of rotatable bonds is 4. The fourth-order valence-corrected chi connectivity index (χ4v) is 4.84. The molecule has 0 aliphatic rings. The summed E-state index contributed by atoms with van der Waals surface area (Å²) in [6, 6.07) is 22.4. The second-order valence-electron chi connectivity index (χ2n) is 8.23. The lowest BCUT2D eigenvalue weighted by Crippen LogP contribution is -2.08. The van der Waals surface area contributed by atoms with Crippen molar-refractivity contribution < 1.29 is 10.2 Å². The molecule has 172 valence electrons. The molecular formula is C25H20N6O2P2. The number of phenolic OH excluding ortho intramolecular Hbond substituents is 2. The SMILES string of the molecule is Oc1c(Cc2cc(P)cc(-n3nc4ccccc4n3)c2O)cc(P)cc1-n1nc2ccccc2n1. The summed E-state index contributed by atoms with van der Waals surface area (Å²) < 4.78 is 0. The summed E-state index contributed by atoms with van der Waals surface area (Å²) in [7, 11) is 5.31. The Morgan fingerprint density at radius 1 is 0.571 bits per heavy atom. The van der Waals surface area contributed by atoms with Gasteiger partial charge in [0.05, 0.1) is 0 Å². The molecule has 0 saturated carbocycles. The topological polar surface area (TPSA) is 102 Å². The largest absolute Gasteiger partial charge is 0.505 e. The van der Waals surface area contributed by atoms with Crippen molar-refractivity contribution in [3.8, 4) is 22.9 Å². The molecule has 2 N–H and O–H groups in total. The van der Waals surface area contributed by atoms with Gasteiger partial charge >= 0.3 is 0 Å². The van der Waals surface area contributed by atoms with Crippen molar-refractivity contribution in [2.24, 2.45) is 0 Å². The molecule has 0 bridgehead atoms. The number of nitrogens with zero attached hydrogens (tertiary/aromatic N) is 6. The highest BCUT2D eigenvalue weighted by molar-refractivity contribution is 7.27. The van der Waals surface area contributed by atoms with Crippen LogP contribution in [0.5, 0.6) is 11.5 Å². The maximum atomic E-state index is 11.2. The molecule has 6 rings (SSSR count). The zero-order valence-corrected chi connectivity index (χ0v) is 20.7. The molecule has 0 radical (unpaired) electrons. The number of benzene rings is 4. The Bertz CT molecular complexity index is 1550. The number of aromatic hydroxyl groups is 2. The van der Waals surface area contributed by atoms with Gasteiger partial charge in [0.1, 0.15) is 44.9 Å². The first-order valence-electron chi connectivity index (χ1n) is 10.8. The minimum Gasteiger partial charge on any atom is -0.505 e. The average molecular weight is 498 g/mol. The second-order valence-corrected chi connectivity index (χ2v) is 9.56. The summed E-state index contributed by atoms with van der Waals surface area (Å²) >= 11 is 0. The zero-order valence-electron chi connectivity index (χ0n) is 18.4. The predicted molar refractivity (Wildman–Crippen MR) is 143 cm³/mol. The molecule has 4 aromatic carbocycles. The van der Waals surface area contributed by atoms with Crippen LogP contribution in [0, 0.1) is 0 Å². The van der Waals surface area contributed by atoms with Crippen LogP contribution in [0.15, 0.2) is 72.8 Å². The van der Waals surface area contributed by atoms with Gasteiger partial charge in [0, 0.05) is 17.5 Å². The van der Waals surface area contributed by atoms with Gasteiger partial charge in [0.25, 0.3) is 0 Å². The van der Waals surface area contributed by atoms with Crippen LogP contribution in [0.2, 0.25) is 0 Å². The molecule has 6 aromatic rings. The van der Waals surface area contributed by atoms with Crippen molar-refractivity contribution in [2.45, 2.75) is 6.42 Å². The van der Waals surface area contributed by atoms with Gasteiger partial charge in [-0.2, -0.15) is 0 Å². The van der Waals surface area contributed by atoms with Gasteiger partial charge in [-0.05, 0) is 59.1 Å². The smallest absolute Gasteiger partial charge is 0.146 e. The van der Waals surface area contributed by atoms with Crippen LogP contribution < -0.4 is 10.6 Å². The van der Waals surface area contributed by atoms with Crippen LogP contribution >= 0.6 is 18.5 Å². The molecule has 8 nitrogen and oxygen atoms in total. The van der Waals surface area contributed by atoms with Gasteiger partial charge in [0.15, 0.2) is 0 Å². The number of aromatic nitrogens is 6. The lowest BCUT2D eigenvalue weighted by Gasteiger charge is -2.14. The Morgan fingerprint density at radius 3 is 1.26 bits per heavy atom. The summed E-state index contributed by atoms with van der Waals surface area (Å²) in [6.07, 6.45) is 0.281. The Hall–Kier alpha value is -3.86. The summed E-state index contributed by atoms with van der Waals surface area (Å²) in [4.78, 5) is 2.88. The third-order valence-electron chi connectivity index (χ3n) is 5.77. The van der Waals surface area contributed by atoms with E-state index in [4.69, 9.17) is 0 Å². The van der Waals surface area contributed by atoms with Gasteiger partial charge in [-0.15, -0.1) is 48.5 Å². The second kappa shape index (κ2) is 8.42. The van der Waals surface area contributed by atoms with Crippen LogP contribution in [0.3, 0.4) is 0 Å². The van der Waals surface area contributed by atoms with Gasteiger partial charge < -0.3 is 10.2 Å². The minimum absolute atomic E-state index is 0.0505. The van der Waals surface area contributed by atoms with E-state index >= 15 is 0 Å². The number of hydrogen-bond donors (Lipinski definition) is 2. The molecule has 0 aliphatic carbocycles. The quantitative estimate of drug-likeness (QED) is 0.362. The van der Waals surface area contributed by atoms with E-state index in [0.717, 1.165) is 32.7 Å². The van der Waals surface area contributed by atoms with Crippen LogP contribution in [0.4, 0.5) is 0 Å². The summed E-state index contributed by atoms with van der Waals surface area (Å²) in [5.41, 5.74) is 5.13. The predicted octanol–water partition coefficient (Wildman–Crippen LogP) is 3.16. The van der Waals surface area contributed by atoms with Crippen molar-refractivity contribution in [1.82, 2.24) is 30.0 Å². The van der Waals surface area contributed by atoms with Crippen LogP contribution in [-0.2, 0) is 6.42 Å². The molecule has 0 spiro atoms. The third kappa shape index (κ3) is 3.91. The Balaban J connectivity index is 1.43. The number of hydrogen-bond acceptors (Lipinski definition) is 6. The van der Waals surface area contributed by atoms with Crippen molar-refractivity contribution in [2.75, 3.05) is 0 Å². The fraction of sp³-hybridized carbons (Fsp3) is 0.0400. The molecular weight excluding hydrogens is 478 g/mol. The molecule has 35 heavy (non-hydrogen) atoms. The molecule has 0 amide bonds. The van der Waals surface area contributed by atoms with E-state index in [-0.39, 0.29) is 17.9 Å². The summed E-state index contributed by atoms with van der Waals surface area (Å²) in [5, 5.41) is 42.1. The Kier molecular flexibility index (Phi) is 5.21. The summed E-state index contributed by atoms with van der Waals surface area (Å²) in [5.74, 6) is 0.101. The highest BCUT2D eigenvalue weighted by Gasteiger charge is 2.18. The van der Waals surface area contributed by atoms with E-state index in [9.17, 15) is 10.2 Å². The molecule has 2 heterocycles.